The van der Waals surface area contributed by atoms with Gasteiger partial charge in [0.1, 0.15) is 17.8 Å². The van der Waals surface area contributed by atoms with Gasteiger partial charge in [-0.1, -0.05) is 5.16 Å². The van der Waals surface area contributed by atoms with Gasteiger partial charge < -0.3 is 19.7 Å². The Kier molecular flexibility index (Phi) is 8.11. The van der Waals surface area contributed by atoms with Crippen molar-refractivity contribution in [2.24, 2.45) is 4.99 Å². The molecule has 2 N–H and O–H groups in total. The van der Waals surface area contributed by atoms with Crippen LogP contribution in [-0.4, -0.2) is 73.5 Å². The SMILES string of the molecule is CN=C(NCCc1c[nH]c2ccc(F)cc12)N1CCN(S(=O)(=O)Cc2ccon2)CC1.I. The summed E-state index contributed by atoms with van der Waals surface area (Å²) in [5.41, 5.74) is 2.34. The van der Waals surface area contributed by atoms with Gasteiger partial charge in [0, 0.05) is 62.9 Å². The first kappa shape index (κ1) is 24.5. The number of rotatable bonds is 6. The fraction of sp³-hybridized carbons (Fsp3) is 0.400. The van der Waals surface area contributed by atoms with Crippen LogP contribution in [0.1, 0.15) is 11.3 Å². The molecular formula is C20H26FIN6O3S. The molecule has 12 heteroatoms. The molecule has 1 aliphatic heterocycles. The number of aromatic amines is 1. The van der Waals surface area contributed by atoms with Crippen LogP contribution in [0.5, 0.6) is 0 Å². The third-order valence-electron chi connectivity index (χ3n) is 5.37. The molecule has 1 fully saturated rings. The van der Waals surface area contributed by atoms with Crippen LogP contribution in [0, 0.1) is 5.82 Å². The summed E-state index contributed by atoms with van der Waals surface area (Å²) in [6, 6.07) is 6.27. The molecule has 0 aliphatic carbocycles. The summed E-state index contributed by atoms with van der Waals surface area (Å²) in [7, 11) is -1.74. The number of sulfonamides is 1. The highest BCUT2D eigenvalue weighted by Crippen LogP contribution is 2.19. The molecule has 0 amide bonds. The highest BCUT2D eigenvalue weighted by Gasteiger charge is 2.28. The number of halogens is 2. The third-order valence-corrected chi connectivity index (χ3v) is 7.18. The van der Waals surface area contributed by atoms with Gasteiger partial charge in [-0.15, -0.1) is 24.0 Å². The molecule has 0 radical (unpaired) electrons. The molecule has 1 aromatic carbocycles. The molecule has 1 aliphatic rings. The van der Waals surface area contributed by atoms with Crippen LogP contribution in [0.2, 0.25) is 0 Å². The van der Waals surface area contributed by atoms with Gasteiger partial charge in [-0.25, -0.2) is 12.8 Å². The Labute approximate surface area is 203 Å². The largest absolute Gasteiger partial charge is 0.364 e. The van der Waals surface area contributed by atoms with Crippen LogP contribution in [0.3, 0.4) is 0 Å². The molecule has 3 heterocycles. The number of hydrogen-bond donors (Lipinski definition) is 2. The molecule has 3 aromatic rings. The molecule has 174 valence electrons. The van der Waals surface area contributed by atoms with E-state index in [9.17, 15) is 12.8 Å². The highest BCUT2D eigenvalue weighted by molar-refractivity contribution is 14.0. The lowest BCUT2D eigenvalue weighted by molar-refractivity contribution is 0.260. The molecule has 9 nitrogen and oxygen atoms in total. The predicted molar refractivity (Wildman–Crippen MR) is 131 cm³/mol. The molecule has 0 atom stereocenters. The quantitative estimate of drug-likeness (QED) is 0.265. The van der Waals surface area contributed by atoms with E-state index in [1.54, 1.807) is 19.2 Å². The molecule has 0 unspecified atom stereocenters. The second-order valence-corrected chi connectivity index (χ2v) is 9.33. The van der Waals surface area contributed by atoms with E-state index >= 15 is 0 Å². The van der Waals surface area contributed by atoms with Gasteiger partial charge in [0.05, 0.1) is 5.69 Å². The van der Waals surface area contributed by atoms with Gasteiger partial charge in [-0.05, 0) is 30.2 Å². The Hall–Kier alpha value is -2.19. The average Bonchev–Trinajstić information content (AvgIpc) is 3.41. The van der Waals surface area contributed by atoms with Crippen LogP contribution < -0.4 is 5.32 Å². The van der Waals surface area contributed by atoms with E-state index in [0.29, 0.717) is 44.8 Å². The summed E-state index contributed by atoms with van der Waals surface area (Å²) < 4.78 is 44.9. The summed E-state index contributed by atoms with van der Waals surface area (Å²) >= 11 is 0. The first-order valence-electron chi connectivity index (χ1n) is 10.0. The molecule has 0 spiro atoms. The number of aromatic nitrogens is 2. The lowest BCUT2D eigenvalue weighted by Gasteiger charge is -2.35. The van der Waals surface area contributed by atoms with E-state index in [0.717, 1.165) is 22.4 Å². The Morgan fingerprint density at radius 3 is 2.75 bits per heavy atom. The van der Waals surface area contributed by atoms with Crippen molar-refractivity contribution in [3.8, 4) is 0 Å². The number of aliphatic imine (C=N–C) groups is 1. The van der Waals surface area contributed by atoms with Gasteiger partial charge in [-0.2, -0.15) is 4.31 Å². The fourth-order valence-electron chi connectivity index (χ4n) is 3.77. The fourth-order valence-corrected chi connectivity index (χ4v) is 5.19. The molecule has 32 heavy (non-hydrogen) atoms. The van der Waals surface area contributed by atoms with Crippen molar-refractivity contribution in [3.63, 3.8) is 0 Å². The van der Waals surface area contributed by atoms with E-state index in [-0.39, 0.29) is 35.5 Å². The predicted octanol–water partition coefficient (Wildman–Crippen LogP) is 2.18. The second kappa shape index (κ2) is 10.6. The van der Waals surface area contributed by atoms with Gasteiger partial charge in [0.2, 0.25) is 10.0 Å². The average molecular weight is 576 g/mol. The van der Waals surface area contributed by atoms with Crippen molar-refractivity contribution in [1.82, 2.24) is 24.7 Å². The third kappa shape index (κ3) is 5.59. The highest BCUT2D eigenvalue weighted by atomic mass is 127. The smallest absolute Gasteiger partial charge is 0.220 e. The maximum absolute atomic E-state index is 13.6. The van der Waals surface area contributed by atoms with E-state index in [1.165, 1.54) is 22.7 Å². The number of guanidine groups is 1. The minimum Gasteiger partial charge on any atom is -0.364 e. The van der Waals surface area contributed by atoms with Crippen LogP contribution in [0.25, 0.3) is 10.9 Å². The zero-order valence-electron chi connectivity index (χ0n) is 17.6. The second-order valence-electron chi connectivity index (χ2n) is 7.36. The van der Waals surface area contributed by atoms with Gasteiger partial charge in [-0.3, -0.25) is 4.99 Å². The van der Waals surface area contributed by atoms with Gasteiger partial charge in [0.25, 0.3) is 0 Å². The first-order chi connectivity index (χ1) is 15.0. The van der Waals surface area contributed by atoms with E-state index in [4.69, 9.17) is 4.52 Å². The number of hydrogen-bond acceptors (Lipinski definition) is 5. The van der Waals surface area contributed by atoms with Crippen molar-refractivity contribution in [2.75, 3.05) is 39.8 Å². The van der Waals surface area contributed by atoms with E-state index < -0.39 is 10.0 Å². The summed E-state index contributed by atoms with van der Waals surface area (Å²) in [6.45, 7) is 2.46. The normalized spacial score (nSPS) is 15.7. The number of fused-ring (bicyclic) bond motifs is 1. The zero-order chi connectivity index (χ0) is 21.8. The molecule has 2 aromatic heterocycles. The lowest BCUT2D eigenvalue weighted by atomic mass is 10.1. The van der Waals surface area contributed by atoms with Crippen LogP contribution in [-0.2, 0) is 22.2 Å². The van der Waals surface area contributed by atoms with Crippen molar-refractivity contribution in [2.45, 2.75) is 12.2 Å². The van der Waals surface area contributed by atoms with Crippen LogP contribution in [0.4, 0.5) is 4.39 Å². The summed E-state index contributed by atoms with van der Waals surface area (Å²) in [6.07, 6.45) is 3.97. The summed E-state index contributed by atoms with van der Waals surface area (Å²) in [4.78, 5) is 9.52. The van der Waals surface area contributed by atoms with E-state index in [1.807, 2.05) is 11.1 Å². The molecule has 0 bridgehead atoms. The van der Waals surface area contributed by atoms with Crippen molar-refractivity contribution < 1.29 is 17.3 Å². The number of benzene rings is 1. The number of nitrogens with one attached hydrogen (secondary N) is 2. The zero-order valence-corrected chi connectivity index (χ0v) is 20.8. The molecule has 4 rings (SSSR count). The van der Waals surface area contributed by atoms with Crippen LogP contribution >= 0.6 is 24.0 Å². The molecule has 1 saturated heterocycles. The minimum atomic E-state index is -3.44. The minimum absolute atomic E-state index is 0. The van der Waals surface area contributed by atoms with Crippen molar-refractivity contribution >= 4 is 50.9 Å². The van der Waals surface area contributed by atoms with Crippen molar-refractivity contribution in [1.29, 1.82) is 0 Å². The number of H-pyrrole nitrogens is 1. The maximum atomic E-state index is 13.6. The standard InChI is InChI=1S/C20H25FN6O3S.HI/c1-22-20(23-6-4-15-13-24-19-3-2-16(21)12-18(15)19)26-7-9-27(10-8-26)31(28,29)14-17-5-11-30-25-17;/h2-3,5,11-13,24H,4,6-10,14H2,1H3,(H,22,23);1H. The topological polar surface area (TPSA) is 107 Å². The van der Waals surface area contributed by atoms with Gasteiger partial charge in [0.15, 0.2) is 5.96 Å². The Balaban J connectivity index is 0.00000289. The van der Waals surface area contributed by atoms with Gasteiger partial charge >= 0.3 is 0 Å². The maximum Gasteiger partial charge on any atom is 0.220 e. The Bertz CT molecular complexity index is 1160. The van der Waals surface area contributed by atoms with Crippen molar-refractivity contribution in [3.05, 3.63) is 53.8 Å². The summed E-state index contributed by atoms with van der Waals surface area (Å²) in [5, 5.41) is 7.89. The number of nitrogens with zero attached hydrogens (tertiary/aromatic N) is 4. The Morgan fingerprint density at radius 2 is 2.06 bits per heavy atom. The van der Waals surface area contributed by atoms with E-state index in [2.05, 4.69) is 20.4 Å². The number of piperazine rings is 1. The first-order valence-corrected chi connectivity index (χ1v) is 11.7. The van der Waals surface area contributed by atoms with Crippen LogP contribution in [0.15, 0.2) is 46.2 Å². The Morgan fingerprint density at radius 1 is 1.28 bits per heavy atom. The lowest BCUT2D eigenvalue weighted by Crippen LogP contribution is -2.54. The summed E-state index contributed by atoms with van der Waals surface area (Å²) in [5.74, 6) is 0.301. The monoisotopic (exact) mass is 576 g/mol. The molecule has 0 saturated carbocycles. The molecular weight excluding hydrogens is 550 g/mol.